The number of hydrogen-bond acceptors (Lipinski definition) is 5. The van der Waals surface area contributed by atoms with E-state index in [2.05, 4.69) is 63.6 Å². The molecule has 0 atom stereocenters. The van der Waals surface area contributed by atoms with Crippen LogP contribution < -0.4 is 15.5 Å². The molecule has 0 bridgehead atoms. The van der Waals surface area contributed by atoms with Gasteiger partial charge in [-0.2, -0.15) is 5.10 Å². The SMILES string of the molecule is COc1ccccc1NCC(=O)N/N=C\c1c(Br)cc(Br)c(O)c1Br. The summed E-state index contributed by atoms with van der Waals surface area (Å²) in [6, 6.07) is 8.99. The van der Waals surface area contributed by atoms with Crippen molar-refractivity contribution in [2.24, 2.45) is 5.10 Å². The number of hydrazone groups is 1. The number of phenols is 1. The van der Waals surface area contributed by atoms with E-state index in [4.69, 9.17) is 4.74 Å². The third-order valence-electron chi connectivity index (χ3n) is 3.11. The van der Waals surface area contributed by atoms with Crippen LogP contribution in [-0.4, -0.2) is 30.9 Å². The van der Waals surface area contributed by atoms with Crippen LogP contribution in [-0.2, 0) is 4.79 Å². The van der Waals surface area contributed by atoms with Gasteiger partial charge >= 0.3 is 0 Å². The molecular weight excluding hydrogens is 522 g/mol. The van der Waals surface area contributed by atoms with E-state index in [9.17, 15) is 9.90 Å². The molecule has 0 radical (unpaired) electrons. The minimum Gasteiger partial charge on any atom is -0.506 e. The molecule has 0 aliphatic carbocycles. The molecule has 0 aliphatic rings. The zero-order valence-electron chi connectivity index (χ0n) is 13.0. The Hall–Kier alpha value is -1.58. The van der Waals surface area contributed by atoms with E-state index in [0.717, 1.165) is 0 Å². The van der Waals surface area contributed by atoms with Crippen LogP contribution in [0.4, 0.5) is 5.69 Å². The molecule has 6 nitrogen and oxygen atoms in total. The number of nitrogens with zero attached hydrogens (tertiary/aromatic N) is 1. The van der Waals surface area contributed by atoms with E-state index in [1.807, 2.05) is 18.2 Å². The first-order valence-electron chi connectivity index (χ1n) is 6.99. The summed E-state index contributed by atoms with van der Waals surface area (Å²) < 4.78 is 6.90. The molecule has 9 heteroatoms. The average Bonchev–Trinajstić information content (AvgIpc) is 2.61. The number of rotatable bonds is 6. The van der Waals surface area contributed by atoms with E-state index in [1.165, 1.54) is 6.21 Å². The summed E-state index contributed by atoms with van der Waals surface area (Å²) >= 11 is 9.90. The fraction of sp³-hybridized carbons (Fsp3) is 0.125. The van der Waals surface area contributed by atoms with Crippen LogP contribution in [0, 0.1) is 0 Å². The topological polar surface area (TPSA) is 83.0 Å². The first-order chi connectivity index (χ1) is 11.9. The van der Waals surface area contributed by atoms with Crippen LogP contribution >= 0.6 is 47.8 Å². The second-order valence-corrected chi connectivity index (χ2v) is 7.27. The molecule has 0 fully saturated rings. The van der Waals surface area contributed by atoms with Crippen molar-refractivity contribution in [3.63, 3.8) is 0 Å². The highest BCUT2D eigenvalue weighted by molar-refractivity contribution is 9.11. The maximum absolute atomic E-state index is 11.9. The van der Waals surface area contributed by atoms with Crippen molar-refractivity contribution in [2.45, 2.75) is 0 Å². The predicted octanol–water partition coefficient (Wildman–Crippen LogP) is 4.25. The number of benzene rings is 2. The normalized spacial score (nSPS) is 10.7. The lowest BCUT2D eigenvalue weighted by Gasteiger charge is -2.10. The van der Waals surface area contributed by atoms with Gasteiger partial charge in [0.15, 0.2) is 0 Å². The number of halogens is 3. The number of nitrogens with one attached hydrogen (secondary N) is 2. The van der Waals surface area contributed by atoms with Crippen molar-refractivity contribution in [1.82, 2.24) is 5.43 Å². The van der Waals surface area contributed by atoms with Crippen LogP contribution in [0.2, 0.25) is 0 Å². The van der Waals surface area contributed by atoms with Crippen molar-refractivity contribution in [3.8, 4) is 11.5 Å². The second kappa shape index (κ2) is 9.21. The standard InChI is InChI=1S/C16H14Br3N3O3/c1-25-13-5-3-2-4-12(13)20-8-14(23)22-21-7-9-10(17)6-11(18)16(24)15(9)19/h2-7,20,24H,8H2,1H3,(H,22,23)/b21-7-. The van der Waals surface area contributed by atoms with Gasteiger partial charge in [0.25, 0.3) is 5.91 Å². The quantitative estimate of drug-likeness (QED) is 0.381. The van der Waals surface area contributed by atoms with E-state index < -0.39 is 0 Å². The van der Waals surface area contributed by atoms with Gasteiger partial charge in [-0.15, -0.1) is 0 Å². The second-order valence-electron chi connectivity index (χ2n) is 4.76. The minimum absolute atomic E-state index is 0.0334. The van der Waals surface area contributed by atoms with Gasteiger partial charge in [0.2, 0.25) is 0 Å². The summed E-state index contributed by atoms with van der Waals surface area (Å²) in [5.74, 6) is 0.376. The molecule has 0 saturated heterocycles. The highest BCUT2D eigenvalue weighted by atomic mass is 79.9. The van der Waals surface area contributed by atoms with Crippen molar-refractivity contribution >= 4 is 65.6 Å². The molecule has 2 aromatic carbocycles. The van der Waals surface area contributed by atoms with Gasteiger partial charge in [0, 0.05) is 10.0 Å². The molecule has 0 aromatic heterocycles. The number of ether oxygens (including phenoxy) is 1. The monoisotopic (exact) mass is 533 g/mol. The van der Waals surface area contributed by atoms with E-state index in [1.54, 1.807) is 19.2 Å². The number of carbonyl (C=O) groups excluding carboxylic acids is 1. The molecule has 0 aliphatic heterocycles. The average molecular weight is 536 g/mol. The molecule has 2 rings (SSSR count). The Morgan fingerprint density at radius 1 is 1.28 bits per heavy atom. The predicted molar refractivity (Wildman–Crippen MR) is 108 cm³/mol. The van der Waals surface area contributed by atoms with Crippen LogP contribution in [0.5, 0.6) is 11.5 Å². The van der Waals surface area contributed by atoms with Crippen molar-refractivity contribution in [1.29, 1.82) is 0 Å². The van der Waals surface area contributed by atoms with Gasteiger partial charge in [-0.3, -0.25) is 4.79 Å². The zero-order valence-corrected chi connectivity index (χ0v) is 17.8. The fourth-order valence-corrected chi connectivity index (χ4v) is 4.21. The summed E-state index contributed by atoms with van der Waals surface area (Å²) in [6.07, 6.45) is 1.43. The Kier molecular flexibility index (Phi) is 7.27. The number of carbonyl (C=O) groups is 1. The number of aromatic hydroxyl groups is 1. The molecule has 0 heterocycles. The van der Waals surface area contributed by atoms with Gasteiger partial charge in [-0.05, 0) is 50.1 Å². The lowest BCUT2D eigenvalue weighted by atomic mass is 10.2. The molecule has 132 valence electrons. The molecule has 2 aromatic rings. The summed E-state index contributed by atoms with van der Waals surface area (Å²) in [5, 5.41) is 16.8. The summed E-state index contributed by atoms with van der Waals surface area (Å²) in [5.41, 5.74) is 3.73. The number of para-hydroxylation sites is 2. The third-order valence-corrected chi connectivity index (χ3v) is 5.17. The number of methoxy groups -OCH3 is 1. The lowest BCUT2D eigenvalue weighted by Crippen LogP contribution is -2.26. The Labute approximate surface area is 170 Å². The minimum atomic E-state index is -0.323. The van der Waals surface area contributed by atoms with Gasteiger partial charge in [0.05, 0.1) is 34.5 Å². The van der Waals surface area contributed by atoms with Crippen molar-refractivity contribution < 1.29 is 14.6 Å². The molecule has 0 unspecified atom stereocenters. The van der Waals surface area contributed by atoms with Gasteiger partial charge < -0.3 is 15.2 Å². The maximum Gasteiger partial charge on any atom is 0.259 e. The first-order valence-corrected chi connectivity index (χ1v) is 9.37. The number of phenolic OH excluding ortho intramolecular Hbond substituents is 1. The first kappa shape index (κ1) is 19.7. The number of amides is 1. The Morgan fingerprint density at radius 2 is 2.00 bits per heavy atom. The Bertz CT molecular complexity index is 813. The summed E-state index contributed by atoms with van der Waals surface area (Å²) in [6.45, 7) is 0.0334. The Morgan fingerprint density at radius 3 is 2.72 bits per heavy atom. The van der Waals surface area contributed by atoms with Crippen molar-refractivity contribution in [3.05, 3.63) is 49.3 Å². The third kappa shape index (κ3) is 5.20. The van der Waals surface area contributed by atoms with E-state index >= 15 is 0 Å². The largest absolute Gasteiger partial charge is 0.506 e. The smallest absolute Gasteiger partial charge is 0.259 e. The Balaban J connectivity index is 1.96. The van der Waals surface area contributed by atoms with Crippen LogP contribution in [0.3, 0.4) is 0 Å². The molecule has 0 spiro atoms. The van der Waals surface area contributed by atoms with Crippen LogP contribution in [0.25, 0.3) is 0 Å². The fourth-order valence-electron chi connectivity index (χ4n) is 1.89. The summed E-state index contributed by atoms with van der Waals surface area (Å²) in [7, 11) is 1.56. The zero-order chi connectivity index (χ0) is 18.4. The number of anilines is 1. The van der Waals surface area contributed by atoms with Gasteiger partial charge in [0.1, 0.15) is 11.5 Å². The van der Waals surface area contributed by atoms with Crippen LogP contribution in [0.15, 0.2) is 48.9 Å². The highest BCUT2D eigenvalue weighted by Gasteiger charge is 2.12. The van der Waals surface area contributed by atoms with E-state index in [0.29, 0.717) is 30.4 Å². The summed E-state index contributed by atoms with van der Waals surface area (Å²) in [4.78, 5) is 11.9. The molecule has 25 heavy (non-hydrogen) atoms. The lowest BCUT2D eigenvalue weighted by molar-refractivity contribution is -0.119. The molecule has 0 saturated carbocycles. The van der Waals surface area contributed by atoms with Gasteiger partial charge in [-0.25, -0.2) is 5.43 Å². The molecule has 1 amide bonds. The highest BCUT2D eigenvalue weighted by Crippen LogP contribution is 2.38. The molecular formula is C16H14Br3N3O3. The molecule has 3 N–H and O–H groups in total. The van der Waals surface area contributed by atoms with Crippen LogP contribution in [0.1, 0.15) is 5.56 Å². The maximum atomic E-state index is 11.9. The number of hydrogen-bond donors (Lipinski definition) is 3. The van der Waals surface area contributed by atoms with Crippen molar-refractivity contribution in [2.75, 3.05) is 19.0 Å². The van der Waals surface area contributed by atoms with Gasteiger partial charge in [-0.1, -0.05) is 28.1 Å². The van der Waals surface area contributed by atoms with E-state index in [-0.39, 0.29) is 18.2 Å².